The van der Waals surface area contributed by atoms with Crippen LogP contribution < -0.4 is 4.74 Å². The minimum absolute atomic E-state index is 0.139. The van der Waals surface area contributed by atoms with E-state index in [0.717, 1.165) is 0 Å². The molecule has 0 spiro atoms. The molecule has 2 unspecified atom stereocenters. The number of thiol groups is 1. The first kappa shape index (κ1) is 16.1. The molecule has 5 nitrogen and oxygen atoms in total. The van der Waals surface area contributed by atoms with E-state index >= 15 is 0 Å². The Morgan fingerprint density at radius 2 is 2.11 bits per heavy atom. The molecule has 1 aromatic carbocycles. The zero-order valence-corrected chi connectivity index (χ0v) is 11.6. The fourth-order valence-corrected chi connectivity index (χ4v) is 1.94. The molecule has 7 heteroatoms. The number of aliphatic carboxylic acids is 1. The predicted molar refractivity (Wildman–Crippen MR) is 74.0 cm³/mol. The van der Waals surface area contributed by atoms with Gasteiger partial charge in [-0.15, -0.1) is 0 Å². The van der Waals surface area contributed by atoms with Crippen LogP contribution in [0.1, 0.15) is 18.1 Å². The third-order valence-electron chi connectivity index (χ3n) is 2.43. The van der Waals surface area contributed by atoms with E-state index in [1.807, 2.05) is 0 Å². The molecule has 3 N–H and O–H groups in total. The maximum absolute atomic E-state index is 10.5. The van der Waals surface area contributed by atoms with Crippen LogP contribution in [0.5, 0.6) is 5.75 Å². The number of halogens is 1. The fourth-order valence-electron chi connectivity index (χ4n) is 1.51. The molecule has 2 atom stereocenters. The number of carbonyl (C=O) groups is 1. The summed E-state index contributed by atoms with van der Waals surface area (Å²) in [6.45, 7) is -0.553. The van der Waals surface area contributed by atoms with Crippen LogP contribution in [0.25, 0.3) is 0 Å². The van der Waals surface area contributed by atoms with Crippen molar-refractivity contribution in [3.63, 3.8) is 0 Å². The number of benzene rings is 1. The minimum Gasteiger partial charge on any atom is -0.481 e. The number of ether oxygens (including phenoxy) is 1. The zero-order chi connectivity index (χ0) is 14.4. The van der Waals surface area contributed by atoms with E-state index in [0.29, 0.717) is 22.8 Å². The van der Waals surface area contributed by atoms with E-state index in [1.54, 1.807) is 0 Å². The van der Waals surface area contributed by atoms with Gasteiger partial charge in [-0.2, -0.15) is 12.6 Å². The van der Waals surface area contributed by atoms with Gasteiger partial charge in [0.15, 0.2) is 6.61 Å². The number of carboxylic acid groups (broad SMARTS) is 1. The molecular weight excluding hydrogens is 292 g/mol. The highest BCUT2D eigenvalue weighted by molar-refractivity contribution is 7.80. The maximum atomic E-state index is 10.5. The van der Waals surface area contributed by atoms with Crippen molar-refractivity contribution in [2.24, 2.45) is 0 Å². The summed E-state index contributed by atoms with van der Waals surface area (Å²) < 4.78 is 5.05. The molecule has 0 radical (unpaired) electrons. The Morgan fingerprint density at radius 1 is 1.42 bits per heavy atom. The van der Waals surface area contributed by atoms with Crippen LogP contribution in [0.2, 0.25) is 5.02 Å². The van der Waals surface area contributed by atoms with Crippen LogP contribution >= 0.6 is 24.2 Å². The molecule has 106 valence electrons. The van der Waals surface area contributed by atoms with Gasteiger partial charge in [-0.1, -0.05) is 17.7 Å². The summed E-state index contributed by atoms with van der Waals surface area (Å²) in [7, 11) is 0. The monoisotopic (exact) mass is 306 g/mol. The number of aliphatic hydroxyl groups is 2. The summed E-state index contributed by atoms with van der Waals surface area (Å²) in [5, 5.41) is 28.7. The van der Waals surface area contributed by atoms with Crippen LogP contribution in [0.15, 0.2) is 18.2 Å². The topological polar surface area (TPSA) is 87.0 Å². The summed E-state index contributed by atoms with van der Waals surface area (Å²) in [6, 6.07) is 4.42. The highest BCUT2D eigenvalue weighted by Gasteiger charge is 2.22. The average molecular weight is 307 g/mol. The fraction of sp³-hybridized carbons (Fsp3) is 0.417. The van der Waals surface area contributed by atoms with Crippen molar-refractivity contribution in [3.05, 3.63) is 28.8 Å². The molecule has 0 bridgehead atoms. The van der Waals surface area contributed by atoms with Gasteiger partial charge in [-0.25, -0.2) is 4.79 Å². The summed E-state index contributed by atoms with van der Waals surface area (Å²) in [5.74, 6) is -0.589. The first-order chi connectivity index (χ1) is 8.95. The Bertz CT molecular complexity index is 440. The van der Waals surface area contributed by atoms with Gasteiger partial charge in [-0.05, 0) is 24.3 Å². The summed E-state index contributed by atoms with van der Waals surface area (Å²) >= 11 is 9.77. The molecule has 0 amide bonds. The minimum atomic E-state index is -1.19. The smallest absolute Gasteiger partial charge is 0.341 e. The van der Waals surface area contributed by atoms with Crippen molar-refractivity contribution in [1.29, 1.82) is 0 Å². The second-order valence-electron chi connectivity index (χ2n) is 3.89. The van der Waals surface area contributed by atoms with E-state index < -0.39 is 24.8 Å². The number of hydrogen-bond donors (Lipinski definition) is 4. The average Bonchev–Trinajstić information content (AvgIpc) is 2.36. The van der Waals surface area contributed by atoms with Crippen LogP contribution in [0, 0.1) is 0 Å². The van der Waals surface area contributed by atoms with Crippen molar-refractivity contribution in [2.75, 3.05) is 12.4 Å². The molecule has 0 aliphatic rings. The molecular formula is C12H15ClO5S. The molecule has 0 saturated heterocycles. The first-order valence-electron chi connectivity index (χ1n) is 5.56. The van der Waals surface area contributed by atoms with Gasteiger partial charge in [0.05, 0.1) is 6.10 Å². The van der Waals surface area contributed by atoms with Gasteiger partial charge in [0, 0.05) is 10.6 Å². The highest BCUT2D eigenvalue weighted by Crippen LogP contribution is 2.31. The first-order valence-corrected chi connectivity index (χ1v) is 6.57. The largest absolute Gasteiger partial charge is 0.481 e. The molecule has 0 aliphatic heterocycles. The lowest BCUT2D eigenvalue weighted by Crippen LogP contribution is -2.20. The zero-order valence-electron chi connectivity index (χ0n) is 9.99. The molecule has 1 rings (SSSR count). The van der Waals surface area contributed by atoms with E-state index in [4.69, 9.17) is 21.4 Å². The number of aliphatic hydroxyl groups excluding tert-OH is 2. The van der Waals surface area contributed by atoms with E-state index in [-0.39, 0.29) is 5.75 Å². The molecule has 0 heterocycles. The molecule has 1 aromatic rings. The Balaban J connectivity index is 2.94. The van der Waals surface area contributed by atoms with Crippen molar-refractivity contribution in [3.8, 4) is 5.75 Å². The molecule has 0 aromatic heterocycles. The molecule has 0 aliphatic carbocycles. The standard InChI is InChI=1S/C12H15ClO5S/c13-7-1-2-8(12(17)9(14)3-4-19)10(5-7)18-6-11(15)16/h1-2,5,9,12,14,17,19H,3-4,6H2,(H,15,16). The highest BCUT2D eigenvalue weighted by atomic mass is 35.5. The van der Waals surface area contributed by atoms with Crippen LogP contribution in [-0.2, 0) is 4.79 Å². The predicted octanol–water partition coefficient (Wildman–Crippen LogP) is 1.52. The lowest BCUT2D eigenvalue weighted by atomic mass is 10.0. The van der Waals surface area contributed by atoms with Crippen molar-refractivity contribution >= 4 is 30.2 Å². The maximum Gasteiger partial charge on any atom is 0.341 e. The Hall–Kier alpha value is -0.950. The summed E-state index contributed by atoms with van der Waals surface area (Å²) in [6.07, 6.45) is -1.90. The number of hydrogen-bond acceptors (Lipinski definition) is 5. The SMILES string of the molecule is O=C(O)COc1cc(Cl)ccc1C(O)C(O)CCS. The number of rotatable bonds is 7. The van der Waals surface area contributed by atoms with Crippen molar-refractivity contribution < 1.29 is 24.9 Å². The van der Waals surface area contributed by atoms with Gasteiger partial charge >= 0.3 is 5.97 Å². The van der Waals surface area contributed by atoms with E-state index in [2.05, 4.69) is 12.6 Å². The third kappa shape index (κ3) is 4.91. The van der Waals surface area contributed by atoms with E-state index in [1.165, 1.54) is 18.2 Å². The lowest BCUT2D eigenvalue weighted by Gasteiger charge is -2.20. The normalized spacial score (nSPS) is 13.9. The molecule has 0 saturated carbocycles. The Kier molecular flexibility index (Phi) is 6.44. The second kappa shape index (κ2) is 7.59. The molecule has 19 heavy (non-hydrogen) atoms. The van der Waals surface area contributed by atoms with Crippen LogP contribution in [-0.4, -0.2) is 39.8 Å². The van der Waals surface area contributed by atoms with E-state index in [9.17, 15) is 15.0 Å². The number of carboxylic acids is 1. The van der Waals surface area contributed by atoms with Crippen molar-refractivity contribution in [1.82, 2.24) is 0 Å². The third-order valence-corrected chi connectivity index (χ3v) is 2.93. The Labute approximate surface area is 121 Å². The summed E-state index contributed by atoms with van der Waals surface area (Å²) in [4.78, 5) is 10.5. The van der Waals surface area contributed by atoms with Crippen molar-refractivity contribution in [2.45, 2.75) is 18.6 Å². The molecule has 0 fully saturated rings. The van der Waals surface area contributed by atoms with Gasteiger partial charge in [-0.3, -0.25) is 0 Å². The lowest BCUT2D eigenvalue weighted by molar-refractivity contribution is -0.139. The van der Waals surface area contributed by atoms with Crippen LogP contribution in [0.3, 0.4) is 0 Å². The van der Waals surface area contributed by atoms with Gasteiger partial charge in [0.1, 0.15) is 11.9 Å². The quantitative estimate of drug-likeness (QED) is 0.574. The summed E-state index contributed by atoms with van der Waals surface area (Å²) in [5.41, 5.74) is 0.292. The van der Waals surface area contributed by atoms with Gasteiger partial charge in [0.25, 0.3) is 0 Å². The van der Waals surface area contributed by atoms with Gasteiger partial charge < -0.3 is 20.1 Å². The van der Waals surface area contributed by atoms with Crippen LogP contribution in [0.4, 0.5) is 0 Å². The Morgan fingerprint density at radius 3 is 2.68 bits per heavy atom. The van der Waals surface area contributed by atoms with Gasteiger partial charge in [0.2, 0.25) is 0 Å². The second-order valence-corrected chi connectivity index (χ2v) is 4.77.